The monoisotopic (exact) mass is 472 g/mol. The zero-order valence-electron chi connectivity index (χ0n) is 18.5. The van der Waals surface area contributed by atoms with Gasteiger partial charge in [0.2, 0.25) is 0 Å². The molecule has 0 spiro atoms. The molecular formula is C27H37BrO2. The Bertz CT molecular complexity index is 735. The molecule has 2 aromatic rings. The van der Waals surface area contributed by atoms with E-state index in [1.807, 2.05) is 0 Å². The van der Waals surface area contributed by atoms with Crippen LogP contribution in [0.3, 0.4) is 0 Å². The second-order valence-corrected chi connectivity index (χ2v) is 9.46. The number of hydrogen-bond acceptors (Lipinski definition) is 2. The molecule has 0 unspecified atom stereocenters. The molecule has 0 radical (unpaired) electrons. The molecule has 164 valence electrons. The van der Waals surface area contributed by atoms with E-state index < -0.39 is 0 Å². The van der Waals surface area contributed by atoms with E-state index >= 15 is 0 Å². The highest BCUT2D eigenvalue weighted by Crippen LogP contribution is 2.32. The Kier molecular flexibility index (Phi) is 10.1. The lowest BCUT2D eigenvalue weighted by molar-refractivity contribution is 0.209. The number of unbranched alkanes of at least 4 members (excludes halogenated alkanes) is 5. The maximum Gasteiger partial charge on any atom is 0.133 e. The molecular weight excluding hydrogens is 436 g/mol. The van der Waals surface area contributed by atoms with Gasteiger partial charge in [0, 0.05) is 0 Å². The minimum absolute atomic E-state index is 0.735. The van der Waals surface area contributed by atoms with Crippen LogP contribution < -0.4 is 9.47 Å². The second-order valence-electron chi connectivity index (χ2n) is 8.60. The molecule has 1 aliphatic carbocycles. The zero-order valence-corrected chi connectivity index (χ0v) is 20.1. The average Bonchev–Trinajstić information content (AvgIpc) is 2.79. The predicted molar refractivity (Wildman–Crippen MR) is 131 cm³/mol. The molecule has 0 atom stereocenters. The first kappa shape index (κ1) is 23.2. The highest BCUT2D eigenvalue weighted by Gasteiger charge is 2.14. The first-order chi connectivity index (χ1) is 14.8. The molecule has 3 heteroatoms. The summed E-state index contributed by atoms with van der Waals surface area (Å²) >= 11 is 3.68. The Balaban J connectivity index is 1.45. The zero-order chi connectivity index (χ0) is 21.0. The van der Waals surface area contributed by atoms with Gasteiger partial charge in [-0.15, -0.1) is 0 Å². The molecule has 0 amide bonds. The van der Waals surface area contributed by atoms with Crippen molar-refractivity contribution in [2.75, 3.05) is 13.2 Å². The van der Waals surface area contributed by atoms with E-state index in [2.05, 4.69) is 65.3 Å². The molecule has 3 rings (SSSR count). The first-order valence-electron chi connectivity index (χ1n) is 11.9. The van der Waals surface area contributed by atoms with Gasteiger partial charge in [-0.2, -0.15) is 0 Å². The van der Waals surface area contributed by atoms with Crippen molar-refractivity contribution in [1.29, 1.82) is 0 Å². The smallest absolute Gasteiger partial charge is 0.133 e. The van der Waals surface area contributed by atoms with E-state index in [1.165, 1.54) is 75.3 Å². The number of hydrogen-bond donors (Lipinski definition) is 0. The Hall–Kier alpha value is -1.48. The molecule has 0 bridgehead atoms. The van der Waals surface area contributed by atoms with Crippen LogP contribution >= 0.6 is 15.9 Å². The predicted octanol–water partition coefficient (Wildman–Crippen LogP) is 8.81. The summed E-state index contributed by atoms with van der Waals surface area (Å²) in [6.07, 6.45) is 14.4. The van der Waals surface area contributed by atoms with Crippen molar-refractivity contribution >= 4 is 15.9 Å². The van der Waals surface area contributed by atoms with Crippen molar-refractivity contribution in [3.63, 3.8) is 0 Å². The minimum Gasteiger partial charge on any atom is -0.493 e. The van der Waals surface area contributed by atoms with Crippen molar-refractivity contribution in [2.45, 2.75) is 77.6 Å². The van der Waals surface area contributed by atoms with E-state index in [0.29, 0.717) is 0 Å². The van der Waals surface area contributed by atoms with Crippen LogP contribution in [-0.2, 0) is 0 Å². The van der Waals surface area contributed by atoms with Gasteiger partial charge in [0.05, 0.1) is 17.7 Å². The first-order valence-corrected chi connectivity index (χ1v) is 12.7. The maximum absolute atomic E-state index is 6.04. The average molecular weight is 473 g/mol. The van der Waals surface area contributed by atoms with Crippen molar-refractivity contribution < 1.29 is 9.47 Å². The summed E-state index contributed by atoms with van der Waals surface area (Å²) in [5.41, 5.74) is 2.39. The lowest BCUT2D eigenvalue weighted by atomic mass is 9.90. The van der Waals surface area contributed by atoms with Crippen LogP contribution in [0.5, 0.6) is 11.5 Å². The van der Waals surface area contributed by atoms with Crippen molar-refractivity contribution in [3.05, 3.63) is 46.9 Å². The second kappa shape index (κ2) is 13.0. The number of halogens is 1. The van der Waals surface area contributed by atoms with Gasteiger partial charge in [-0.1, -0.05) is 76.5 Å². The summed E-state index contributed by atoms with van der Waals surface area (Å²) in [7, 11) is 0. The molecule has 30 heavy (non-hydrogen) atoms. The molecule has 1 aliphatic rings. The summed E-state index contributed by atoms with van der Waals surface area (Å²) in [5.74, 6) is 2.64. The molecule has 0 N–H and O–H groups in total. The van der Waals surface area contributed by atoms with Gasteiger partial charge in [0.15, 0.2) is 0 Å². The van der Waals surface area contributed by atoms with E-state index in [0.717, 1.165) is 41.5 Å². The fourth-order valence-electron chi connectivity index (χ4n) is 4.17. The van der Waals surface area contributed by atoms with E-state index in [9.17, 15) is 0 Å². The number of benzene rings is 2. The Labute approximate surface area is 191 Å². The lowest BCUT2D eigenvalue weighted by Gasteiger charge is -2.21. The molecule has 0 aromatic heterocycles. The number of rotatable bonds is 12. The molecule has 2 aromatic carbocycles. The molecule has 1 saturated carbocycles. The van der Waals surface area contributed by atoms with Crippen LogP contribution in [0.2, 0.25) is 0 Å². The van der Waals surface area contributed by atoms with Gasteiger partial charge in [0.1, 0.15) is 11.5 Å². The summed E-state index contributed by atoms with van der Waals surface area (Å²) < 4.78 is 13.0. The Morgan fingerprint density at radius 1 is 0.800 bits per heavy atom. The highest BCUT2D eigenvalue weighted by molar-refractivity contribution is 9.10. The van der Waals surface area contributed by atoms with Crippen LogP contribution in [0.25, 0.3) is 11.1 Å². The van der Waals surface area contributed by atoms with Crippen molar-refractivity contribution in [2.24, 2.45) is 5.92 Å². The Morgan fingerprint density at radius 3 is 2.23 bits per heavy atom. The highest BCUT2D eigenvalue weighted by atomic mass is 79.9. The largest absolute Gasteiger partial charge is 0.493 e. The molecule has 1 fully saturated rings. The molecule has 2 nitrogen and oxygen atoms in total. The van der Waals surface area contributed by atoms with Crippen LogP contribution in [0.4, 0.5) is 0 Å². The Morgan fingerprint density at radius 2 is 1.50 bits per heavy atom. The SMILES string of the molecule is CCCCCCCCOc1ccc(-c2ccc(OCC3CCCCC3)cc2)cc1Br. The topological polar surface area (TPSA) is 18.5 Å². The quantitative estimate of drug-likeness (QED) is 0.287. The minimum atomic E-state index is 0.735. The van der Waals surface area contributed by atoms with Gasteiger partial charge < -0.3 is 9.47 Å². The number of ether oxygens (including phenoxy) is 2. The van der Waals surface area contributed by atoms with Gasteiger partial charge in [-0.3, -0.25) is 0 Å². The summed E-state index contributed by atoms with van der Waals surface area (Å²) in [6, 6.07) is 14.8. The van der Waals surface area contributed by atoms with Gasteiger partial charge in [-0.05, 0) is 76.5 Å². The van der Waals surface area contributed by atoms with Crippen molar-refractivity contribution in [1.82, 2.24) is 0 Å². The molecule has 0 aliphatic heterocycles. The maximum atomic E-state index is 6.04. The third-order valence-electron chi connectivity index (χ3n) is 6.09. The van der Waals surface area contributed by atoms with E-state index in [-0.39, 0.29) is 0 Å². The van der Waals surface area contributed by atoms with E-state index in [4.69, 9.17) is 9.47 Å². The third kappa shape index (κ3) is 7.65. The fraction of sp³-hybridized carbons (Fsp3) is 0.556. The van der Waals surface area contributed by atoms with E-state index in [1.54, 1.807) is 0 Å². The van der Waals surface area contributed by atoms with Crippen LogP contribution in [0.15, 0.2) is 46.9 Å². The van der Waals surface area contributed by atoms with Gasteiger partial charge in [0.25, 0.3) is 0 Å². The van der Waals surface area contributed by atoms with Crippen LogP contribution in [-0.4, -0.2) is 13.2 Å². The summed E-state index contributed by atoms with van der Waals surface area (Å²) in [5, 5.41) is 0. The summed E-state index contributed by atoms with van der Waals surface area (Å²) in [4.78, 5) is 0. The van der Waals surface area contributed by atoms with Gasteiger partial charge >= 0.3 is 0 Å². The normalized spacial score (nSPS) is 14.6. The molecule has 0 saturated heterocycles. The fourth-order valence-corrected chi connectivity index (χ4v) is 4.67. The van der Waals surface area contributed by atoms with Crippen LogP contribution in [0.1, 0.15) is 77.6 Å². The summed E-state index contributed by atoms with van der Waals surface area (Å²) in [6.45, 7) is 3.90. The lowest BCUT2D eigenvalue weighted by Crippen LogP contribution is -2.15. The molecule has 0 heterocycles. The van der Waals surface area contributed by atoms with Crippen LogP contribution in [0, 0.1) is 5.92 Å². The van der Waals surface area contributed by atoms with Crippen molar-refractivity contribution in [3.8, 4) is 22.6 Å². The van der Waals surface area contributed by atoms with Gasteiger partial charge in [-0.25, -0.2) is 0 Å². The third-order valence-corrected chi connectivity index (χ3v) is 6.71. The standard InChI is InChI=1S/C27H37BrO2/c1-2-3-4-5-6-10-19-29-27-18-15-24(20-26(27)28)23-13-16-25(17-14-23)30-21-22-11-8-7-9-12-22/h13-18,20,22H,2-12,19,21H2,1H3.